The van der Waals surface area contributed by atoms with E-state index in [0.29, 0.717) is 16.6 Å². The van der Waals surface area contributed by atoms with Crippen LogP contribution in [0.4, 0.5) is 5.13 Å². The van der Waals surface area contributed by atoms with Gasteiger partial charge in [-0.1, -0.05) is 30.6 Å². The van der Waals surface area contributed by atoms with E-state index in [2.05, 4.69) is 16.8 Å². The molecular formula is C13H20N2O2S. The van der Waals surface area contributed by atoms with Crippen molar-refractivity contribution in [3.8, 4) is 0 Å². The van der Waals surface area contributed by atoms with Crippen molar-refractivity contribution in [1.29, 1.82) is 0 Å². The van der Waals surface area contributed by atoms with E-state index in [1.165, 1.54) is 43.4 Å². The molecular weight excluding hydrogens is 248 g/mol. The average Bonchev–Trinajstić information content (AvgIpc) is 2.74. The molecule has 0 aromatic carbocycles. The Morgan fingerprint density at radius 1 is 1.44 bits per heavy atom. The number of carboxylic acid groups (broad SMARTS) is 1. The highest BCUT2D eigenvalue weighted by molar-refractivity contribution is 7.17. The number of aromatic carboxylic acids is 1. The van der Waals surface area contributed by atoms with Crippen LogP contribution >= 0.6 is 11.3 Å². The van der Waals surface area contributed by atoms with Crippen LogP contribution in [0.3, 0.4) is 0 Å². The number of nitrogens with zero attached hydrogens (tertiary/aromatic N) is 2. The standard InChI is InChI=1S/C13H20N2O2S/c1-3-15(10-7-5-4-6-8-10)13-14-9(2)11(18-13)12(16)17/h10H,3-8H2,1-2H3,(H,16,17). The van der Waals surface area contributed by atoms with Crippen LogP contribution < -0.4 is 4.90 Å². The molecule has 5 heteroatoms. The van der Waals surface area contributed by atoms with E-state index in [1.807, 2.05) is 0 Å². The van der Waals surface area contributed by atoms with Gasteiger partial charge < -0.3 is 10.0 Å². The van der Waals surface area contributed by atoms with Crippen LogP contribution in [0, 0.1) is 6.92 Å². The molecule has 1 N–H and O–H groups in total. The minimum absolute atomic E-state index is 0.374. The molecule has 1 heterocycles. The van der Waals surface area contributed by atoms with Gasteiger partial charge in [0.2, 0.25) is 0 Å². The Hall–Kier alpha value is -1.10. The second kappa shape index (κ2) is 5.69. The molecule has 1 aromatic rings. The molecule has 0 bridgehead atoms. The summed E-state index contributed by atoms with van der Waals surface area (Å²) in [5.41, 5.74) is 0.636. The average molecular weight is 268 g/mol. The second-order valence-corrected chi connectivity index (χ2v) is 5.77. The zero-order valence-corrected chi connectivity index (χ0v) is 11.8. The predicted octanol–water partition coefficient (Wildman–Crippen LogP) is 3.31. The third-order valence-electron chi connectivity index (χ3n) is 3.58. The highest BCUT2D eigenvalue weighted by Crippen LogP contribution is 2.31. The highest BCUT2D eigenvalue weighted by atomic mass is 32.1. The Bertz CT molecular complexity index is 425. The van der Waals surface area contributed by atoms with Crippen molar-refractivity contribution in [1.82, 2.24) is 4.98 Å². The predicted molar refractivity (Wildman–Crippen MR) is 73.7 cm³/mol. The third-order valence-corrected chi connectivity index (χ3v) is 4.76. The van der Waals surface area contributed by atoms with Gasteiger partial charge in [-0.15, -0.1) is 0 Å². The number of hydrogen-bond acceptors (Lipinski definition) is 4. The van der Waals surface area contributed by atoms with Crippen molar-refractivity contribution >= 4 is 22.4 Å². The summed E-state index contributed by atoms with van der Waals surface area (Å²) >= 11 is 1.31. The summed E-state index contributed by atoms with van der Waals surface area (Å²) in [6, 6.07) is 0.538. The van der Waals surface area contributed by atoms with Gasteiger partial charge in [-0.3, -0.25) is 0 Å². The zero-order valence-electron chi connectivity index (χ0n) is 11.0. The quantitative estimate of drug-likeness (QED) is 0.910. The van der Waals surface area contributed by atoms with Crippen molar-refractivity contribution in [3.05, 3.63) is 10.6 Å². The molecule has 1 saturated carbocycles. The molecule has 0 radical (unpaired) electrons. The van der Waals surface area contributed by atoms with E-state index in [9.17, 15) is 4.79 Å². The topological polar surface area (TPSA) is 53.4 Å². The van der Waals surface area contributed by atoms with Gasteiger partial charge in [0.1, 0.15) is 4.88 Å². The first kappa shape index (κ1) is 13.3. The van der Waals surface area contributed by atoms with E-state index in [-0.39, 0.29) is 0 Å². The fourth-order valence-electron chi connectivity index (χ4n) is 2.65. The summed E-state index contributed by atoms with van der Waals surface area (Å²) in [6.45, 7) is 4.79. The van der Waals surface area contributed by atoms with E-state index in [1.54, 1.807) is 6.92 Å². The van der Waals surface area contributed by atoms with Crippen molar-refractivity contribution in [3.63, 3.8) is 0 Å². The molecule has 0 unspecified atom stereocenters. The minimum atomic E-state index is -0.865. The molecule has 0 spiro atoms. The number of hydrogen-bond donors (Lipinski definition) is 1. The van der Waals surface area contributed by atoms with E-state index >= 15 is 0 Å². The van der Waals surface area contributed by atoms with E-state index < -0.39 is 5.97 Å². The van der Waals surface area contributed by atoms with Crippen molar-refractivity contribution in [2.75, 3.05) is 11.4 Å². The number of aromatic nitrogens is 1. The molecule has 0 aliphatic heterocycles. The molecule has 0 saturated heterocycles. The van der Waals surface area contributed by atoms with Gasteiger partial charge >= 0.3 is 5.97 Å². The Morgan fingerprint density at radius 2 is 2.11 bits per heavy atom. The normalized spacial score (nSPS) is 16.8. The first-order chi connectivity index (χ1) is 8.63. The Balaban J connectivity index is 2.21. The van der Waals surface area contributed by atoms with Crippen molar-refractivity contribution in [2.45, 2.75) is 52.0 Å². The van der Waals surface area contributed by atoms with Gasteiger partial charge in [0.05, 0.1) is 5.69 Å². The fourth-order valence-corrected chi connectivity index (χ4v) is 3.69. The SMILES string of the molecule is CCN(c1nc(C)c(C(=O)O)s1)C1CCCCC1. The lowest BCUT2D eigenvalue weighted by Gasteiger charge is -2.33. The van der Waals surface area contributed by atoms with Gasteiger partial charge in [0, 0.05) is 12.6 Å². The van der Waals surface area contributed by atoms with Crippen molar-refractivity contribution < 1.29 is 9.90 Å². The van der Waals surface area contributed by atoms with Crippen LogP contribution in [0.1, 0.15) is 54.4 Å². The lowest BCUT2D eigenvalue weighted by Crippen LogP contribution is -2.36. The van der Waals surface area contributed by atoms with Crippen LogP contribution in [-0.2, 0) is 0 Å². The number of carboxylic acids is 1. The maximum Gasteiger partial charge on any atom is 0.347 e. The maximum atomic E-state index is 11.1. The first-order valence-electron chi connectivity index (χ1n) is 6.60. The number of rotatable bonds is 4. The maximum absolute atomic E-state index is 11.1. The fraction of sp³-hybridized carbons (Fsp3) is 0.692. The summed E-state index contributed by atoms with van der Waals surface area (Å²) in [5.74, 6) is -0.865. The molecule has 0 atom stereocenters. The lowest BCUT2D eigenvalue weighted by molar-refractivity contribution is 0.0701. The molecule has 18 heavy (non-hydrogen) atoms. The summed E-state index contributed by atoms with van der Waals surface area (Å²) in [7, 11) is 0. The van der Waals surface area contributed by atoms with E-state index in [4.69, 9.17) is 5.11 Å². The largest absolute Gasteiger partial charge is 0.477 e. The van der Waals surface area contributed by atoms with Gasteiger partial charge in [0.15, 0.2) is 5.13 Å². The second-order valence-electron chi connectivity index (χ2n) is 4.79. The summed E-state index contributed by atoms with van der Waals surface area (Å²) in [5, 5.41) is 9.97. The minimum Gasteiger partial charge on any atom is -0.477 e. The number of aryl methyl sites for hydroxylation is 1. The van der Waals surface area contributed by atoms with Crippen molar-refractivity contribution in [2.24, 2.45) is 0 Å². The molecule has 100 valence electrons. The van der Waals surface area contributed by atoms with Crippen LogP contribution in [0.2, 0.25) is 0 Å². The number of carbonyl (C=O) groups is 1. The molecule has 4 nitrogen and oxygen atoms in total. The Morgan fingerprint density at radius 3 is 2.61 bits per heavy atom. The van der Waals surface area contributed by atoms with Crippen LogP contribution in [0.25, 0.3) is 0 Å². The smallest absolute Gasteiger partial charge is 0.347 e. The molecule has 1 fully saturated rings. The van der Waals surface area contributed by atoms with Crippen LogP contribution in [0.15, 0.2) is 0 Å². The van der Waals surface area contributed by atoms with Gasteiger partial charge in [-0.05, 0) is 26.7 Å². The molecule has 2 rings (SSSR count). The Labute approximate surface area is 112 Å². The molecule has 1 aromatic heterocycles. The zero-order chi connectivity index (χ0) is 13.1. The van der Waals surface area contributed by atoms with E-state index in [0.717, 1.165) is 11.7 Å². The number of thiazole rings is 1. The van der Waals surface area contributed by atoms with Crippen LogP contribution in [0.5, 0.6) is 0 Å². The van der Waals surface area contributed by atoms with Gasteiger partial charge in [-0.25, -0.2) is 9.78 Å². The van der Waals surface area contributed by atoms with Gasteiger partial charge in [0.25, 0.3) is 0 Å². The lowest BCUT2D eigenvalue weighted by atomic mass is 9.94. The summed E-state index contributed by atoms with van der Waals surface area (Å²) in [4.78, 5) is 18.2. The third kappa shape index (κ3) is 2.66. The monoisotopic (exact) mass is 268 g/mol. The Kier molecular flexibility index (Phi) is 4.22. The van der Waals surface area contributed by atoms with Crippen LogP contribution in [-0.4, -0.2) is 28.6 Å². The summed E-state index contributed by atoms with van der Waals surface area (Å²) < 4.78 is 0. The van der Waals surface area contributed by atoms with Gasteiger partial charge in [-0.2, -0.15) is 0 Å². The molecule has 0 amide bonds. The molecule has 1 aliphatic carbocycles. The number of anilines is 1. The highest BCUT2D eigenvalue weighted by Gasteiger charge is 2.24. The molecule has 1 aliphatic rings. The summed E-state index contributed by atoms with van der Waals surface area (Å²) in [6.07, 6.45) is 6.28. The first-order valence-corrected chi connectivity index (χ1v) is 7.42.